The van der Waals surface area contributed by atoms with Crippen LogP contribution in [-0.2, 0) is 6.54 Å². The average Bonchev–Trinajstić information content (AvgIpc) is 3.06. The Morgan fingerprint density at radius 1 is 1.47 bits per heavy atom. The lowest BCUT2D eigenvalue weighted by molar-refractivity contribution is 0.0957. The Morgan fingerprint density at radius 3 is 2.89 bits per heavy atom. The molecule has 1 fully saturated rings. The van der Waals surface area contributed by atoms with Crippen LogP contribution in [0.4, 0.5) is 0 Å². The van der Waals surface area contributed by atoms with Crippen molar-refractivity contribution in [3.8, 4) is 0 Å². The number of nitrogens with one attached hydrogen (secondary N) is 1. The summed E-state index contributed by atoms with van der Waals surface area (Å²) in [5.74, 6) is 4.91. The molecule has 1 aromatic rings. The zero-order valence-electron chi connectivity index (χ0n) is 11.4. The highest BCUT2D eigenvalue weighted by Gasteiger charge is 2.13. The lowest BCUT2D eigenvalue weighted by Crippen LogP contribution is -2.31. The molecule has 1 saturated heterocycles. The lowest BCUT2D eigenvalue weighted by Gasteiger charge is -2.20. The molecule has 1 aromatic heterocycles. The molecule has 106 valence electrons. The van der Waals surface area contributed by atoms with Crippen molar-refractivity contribution in [2.75, 3.05) is 33.2 Å². The van der Waals surface area contributed by atoms with Crippen LogP contribution in [0.15, 0.2) is 12.1 Å². The number of hydrazine groups is 1. The van der Waals surface area contributed by atoms with Crippen molar-refractivity contribution in [1.29, 1.82) is 0 Å². The highest BCUT2D eigenvalue weighted by molar-refractivity contribution is 7.14. The molecule has 19 heavy (non-hydrogen) atoms. The fourth-order valence-corrected chi connectivity index (χ4v) is 3.31. The number of thiophene rings is 1. The molecule has 0 aliphatic carbocycles. The number of nitrogen functional groups attached to an aromatic ring is 1. The molecule has 2 heterocycles. The predicted octanol–water partition coefficient (Wildman–Crippen LogP) is 0.879. The van der Waals surface area contributed by atoms with Gasteiger partial charge in [-0.05, 0) is 45.1 Å². The van der Waals surface area contributed by atoms with Gasteiger partial charge in [0, 0.05) is 24.5 Å². The molecular formula is C13H22N4OS. The Balaban J connectivity index is 1.76. The molecular weight excluding hydrogens is 260 g/mol. The molecule has 1 aliphatic heterocycles. The summed E-state index contributed by atoms with van der Waals surface area (Å²) in [5.41, 5.74) is 2.16. The van der Waals surface area contributed by atoms with Crippen molar-refractivity contribution in [1.82, 2.24) is 15.2 Å². The summed E-state index contributed by atoms with van der Waals surface area (Å²) in [7, 11) is 2.12. The molecule has 2 rings (SSSR count). The van der Waals surface area contributed by atoms with E-state index in [1.165, 1.54) is 42.1 Å². The Bertz CT molecular complexity index is 415. The summed E-state index contributed by atoms with van der Waals surface area (Å²) >= 11 is 1.50. The lowest BCUT2D eigenvalue weighted by atomic mass is 10.4. The van der Waals surface area contributed by atoms with Crippen LogP contribution in [0.5, 0.6) is 0 Å². The standard InChI is InChI=1S/C13H22N4OS/c1-16(8-9-17-6-2-3-7-17)10-11-4-5-12(19-11)13(18)15-14/h4-5H,2-3,6-10,14H2,1H3,(H,15,18). The second-order valence-corrected chi connectivity index (χ2v) is 6.19. The van der Waals surface area contributed by atoms with Gasteiger partial charge in [0.2, 0.25) is 0 Å². The molecule has 1 amide bonds. The molecule has 0 atom stereocenters. The van der Waals surface area contributed by atoms with Gasteiger partial charge in [-0.2, -0.15) is 0 Å². The second-order valence-electron chi connectivity index (χ2n) is 5.03. The van der Waals surface area contributed by atoms with Crippen molar-refractivity contribution in [3.63, 3.8) is 0 Å². The zero-order valence-corrected chi connectivity index (χ0v) is 12.2. The van der Waals surface area contributed by atoms with Crippen LogP contribution in [0.3, 0.4) is 0 Å². The molecule has 0 bridgehead atoms. The largest absolute Gasteiger partial charge is 0.302 e. The Kier molecular flexibility index (Phi) is 5.33. The number of hydrogen-bond acceptors (Lipinski definition) is 5. The number of carbonyl (C=O) groups is 1. The molecule has 0 saturated carbocycles. The fourth-order valence-electron chi connectivity index (χ4n) is 2.32. The molecule has 0 spiro atoms. The predicted molar refractivity (Wildman–Crippen MR) is 78.0 cm³/mol. The highest BCUT2D eigenvalue weighted by atomic mass is 32.1. The van der Waals surface area contributed by atoms with Crippen LogP contribution in [0.2, 0.25) is 0 Å². The van der Waals surface area contributed by atoms with Gasteiger partial charge in [-0.3, -0.25) is 10.2 Å². The summed E-state index contributed by atoms with van der Waals surface area (Å²) in [6, 6.07) is 3.83. The van der Waals surface area contributed by atoms with Crippen molar-refractivity contribution >= 4 is 17.2 Å². The van der Waals surface area contributed by atoms with Crippen molar-refractivity contribution in [2.24, 2.45) is 5.84 Å². The van der Waals surface area contributed by atoms with Gasteiger partial charge in [-0.1, -0.05) is 0 Å². The molecule has 0 radical (unpaired) electrons. The summed E-state index contributed by atoms with van der Waals surface area (Å²) in [6.45, 7) is 5.58. The number of rotatable bonds is 6. The average molecular weight is 282 g/mol. The number of nitrogens with zero attached hydrogens (tertiary/aromatic N) is 2. The van der Waals surface area contributed by atoms with E-state index in [1.807, 2.05) is 12.1 Å². The van der Waals surface area contributed by atoms with E-state index in [9.17, 15) is 4.79 Å². The van der Waals surface area contributed by atoms with Crippen LogP contribution in [-0.4, -0.2) is 48.9 Å². The van der Waals surface area contributed by atoms with Gasteiger partial charge < -0.3 is 9.80 Å². The monoisotopic (exact) mass is 282 g/mol. The van der Waals surface area contributed by atoms with Crippen LogP contribution < -0.4 is 11.3 Å². The van der Waals surface area contributed by atoms with Gasteiger partial charge in [-0.15, -0.1) is 11.3 Å². The number of hydrogen-bond donors (Lipinski definition) is 2. The Hall–Kier alpha value is -0.950. The van der Waals surface area contributed by atoms with Gasteiger partial charge >= 0.3 is 0 Å². The van der Waals surface area contributed by atoms with E-state index < -0.39 is 0 Å². The maximum Gasteiger partial charge on any atom is 0.275 e. The van der Waals surface area contributed by atoms with Crippen molar-refractivity contribution in [3.05, 3.63) is 21.9 Å². The molecule has 0 unspecified atom stereocenters. The summed E-state index contributed by atoms with van der Waals surface area (Å²) in [6.07, 6.45) is 2.68. The summed E-state index contributed by atoms with van der Waals surface area (Å²) in [5, 5.41) is 0. The maximum absolute atomic E-state index is 11.4. The smallest absolute Gasteiger partial charge is 0.275 e. The van der Waals surface area contributed by atoms with Gasteiger partial charge in [0.05, 0.1) is 4.88 Å². The number of likely N-dealkylation sites (N-methyl/N-ethyl adjacent to an activating group) is 1. The van der Waals surface area contributed by atoms with E-state index in [0.717, 1.165) is 19.6 Å². The zero-order chi connectivity index (χ0) is 13.7. The number of amides is 1. The van der Waals surface area contributed by atoms with Gasteiger partial charge in [0.15, 0.2) is 0 Å². The van der Waals surface area contributed by atoms with Crippen LogP contribution in [0.25, 0.3) is 0 Å². The Labute approximate surface area is 118 Å². The minimum absolute atomic E-state index is 0.212. The van der Waals surface area contributed by atoms with E-state index in [-0.39, 0.29) is 5.91 Å². The number of nitrogens with two attached hydrogens (primary N) is 1. The van der Waals surface area contributed by atoms with Crippen molar-refractivity contribution < 1.29 is 4.79 Å². The normalized spacial score (nSPS) is 16.2. The van der Waals surface area contributed by atoms with Crippen LogP contribution >= 0.6 is 11.3 Å². The highest BCUT2D eigenvalue weighted by Crippen LogP contribution is 2.17. The first kappa shape index (κ1) is 14.5. The third kappa shape index (κ3) is 4.28. The first-order valence-electron chi connectivity index (χ1n) is 6.69. The van der Waals surface area contributed by atoms with E-state index in [0.29, 0.717) is 4.88 Å². The minimum atomic E-state index is -0.212. The topological polar surface area (TPSA) is 61.6 Å². The van der Waals surface area contributed by atoms with Crippen molar-refractivity contribution in [2.45, 2.75) is 19.4 Å². The summed E-state index contributed by atoms with van der Waals surface area (Å²) < 4.78 is 0. The maximum atomic E-state index is 11.4. The van der Waals surface area contributed by atoms with Gasteiger partial charge in [0.25, 0.3) is 5.91 Å². The minimum Gasteiger partial charge on any atom is -0.302 e. The molecule has 1 aliphatic rings. The quantitative estimate of drug-likeness (QED) is 0.462. The molecule has 3 N–H and O–H groups in total. The SMILES string of the molecule is CN(CCN1CCCC1)Cc1ccc(C(=O)NN)s1. The fraction of sp³-hybridized carbons (Fsp3) is 0.615. The molecule has 5 nitrogen and oxygen atoms in total. The number of likely N-dealkylation sites (tertiary alicyclic amines) is 1. The van der Waals surface area contributed by atoms with E-state index >= 15 is 0 Å². The summed E-state index contributed by atoms with van der Waals surface area (Å²) in [4.78, 5) is 18.0. The van der Waals surface area contributed by atoms with E-state index in [4.69, 9.17) is 5.84 Å². The van der Waals surface area contributed by atoms with Crippen LogP contribution in [0, 0.1) is 0 Å². The van der Waals surface area contributed by atoms with Gasteiger partial charge in [-0.25, -0.2) is 5.84 Å². The van der Waals surface area contributed by atoms with Gasteiger partial charge in [0.1, 0.15) is 0 Å². The molecule has 0 aromatic carbocycles. The third-order valence-electron chi connectivity index (χ3n) is 3.44. The third-order valence-corrected chi connectivity index (χ3v) is 4.51. The second kappa shape index (κ2) is 7.00. The van der Waals surface area contributed by atoms with E-state index in [2.05, 4.69) is 22.3 Å². The first-order chi connectivity index (χ1) is 9.19. The van der Waals surface area contributed by atoms with E-state index in [1.54, 1.807) is 0 Å². The van der Waals surface area contributed by atoms with Crippen LogP contribution in [0.1, 0.15) is 27.4 Å². The Morgan fingerprint density at radius 2 is 2.21 bits per heavy atom. The first-order valence-corrected chi connectivity index (χ1v) is 7.51. The molecule has 6 heteroatoms. The number of carbonyl (C=O) groups excluding carboxylic acids is 1.